The maximum absolute atomic E-state index is 12.3. The van der Waals surface area contributed by atoms with Crippen molar-refractivity contribution in [3.05, 3.63) is 52.7 Å². The zero-order valence-corrected chi connectivity index (χ0v) is 15.4. The number of hydrogen-bond donors (Lipinski definition) is 1. The predicted octanol–water partition coefficient (Wildman–Crippen LogP) is 3.80. The van der Waals surface area contributed by atoms with Gasteiger partial charge in [0.1, 0.15) is 4.88 Å². The van der Waals surface area contributed by atoms with E-state index in [9.17, 15) is 4.79 Å². The van der Waals surface area contributed by atoms with Gasteiger partial charge >= 0.3 is 0 Å². The lowest BCUT2D eigenvalue weighted by Crippen LogP contribution is -2.10. The monoisotopic (exact) mass is 382 g/mol. The molecule has 0 aliphatic rings. The zero-order valence-electron chi connectivity index (χ0n) is 13.8. The van der Waals surface area contributed by atoms with E-state index in [1.165, 1.54) is 27.5 Å². The van der Waals surface area contributed by atoms with Crippen LogP contribution in [0.15, 0.2) is 47.2 Å². The van der Waals surface area contributed by atoms with Crippen molar-refractivity contribution in [3.8, 4) is 22.0 Å². The van der Waals surface area contributed by atoms with Crippen LogP contribution in [0.4, 0.5) is 5.13 Å². The summed E-state index contributed by atoms with van der Waals surface area (Å²) >= 11 is 2.82. The lowest BCUT2D eigenvalue weighted by molar-refractivity contribution is 0.102. The molecule has 0 radical (unpaired) electrons. The average Bonchev–Trinajstić information content (AvgIpc) is 3.42. The number of anilines is 1. The Labute approximate surface area is 157 Å². The molecule has 9 heteroatoms. The summed E-state index contributed by atoms with van der Waals surface area (Å²) in [4.78, 5) is 19.2. The second-order valence-corrected chi connectivity index (χ2v) is 7.11. The molecule has 0 saturated heterocycles. The molecule has 0 aliphatic carbocycles. The van der Waals surface area contributed by atoms with E-state index in [4.69, 9.17) is 0 Å². The number of thiazole rings is 1. The molecule has 4 rings (SSSR count). The topological polar surface area (TPSA) is 85.6 Å². The lowest BCUT2D eigenvalue weighted by atomic mass is 10.1. The minimum Gasteiger partial charge on any atom is -0.298 e. The van der Waals surface area contributed by atoms with E-state index in [0.29, 0.717) is 23.1 Å². The van der Waals surface area contributed by atoms with Crippen LogP contribution in [0.2, 0.25) is 0 Å². The van der Waals surface area contributed by atoms with Crippen LogP contribution >= 0.6 is 22.7 Å². The number of nitrogens with one attached hydrogen (secondary N) is 1. The zero-order chi connectivity index (χ0) is 17.9. The van der Waals surface area contributed by atoms with Gasteiger partial charge in [0.05, 0.1) is 17.8 Å². The molecule has 1 aromatic carbocycles. The van der Waals surface area contributed by atoms with E-state index in [-0.39, 0.29) is 5.91 Å². The molecule has 3 heterocycles. The number of nitrogens with zero attached hydrogens (tertiary/aromatic N) is 5. The number of benzene rings is 1. The van der Waals surface area contributed by atoms with Crippen LogP contribution in [-0.2, 0) is 6.54 Å². The van der Waals surface area contributed by atoms with Crippen LogP contribution in [-0.4, -0.2) is 31.1 Å². The Morgan fingerprint density at radius 3 is 2.77 bits per heavy atom. The molecule has 3 aromatic heterocycles. The van der Waals surface area contributed by atoms with E-state index in [1.54, 1.807) is 11.4 Å². The van der Waals surface area contributed by atoms with Gasteiger partial charge in [-0.1, -0.05) is 41.7 Å². The molecular formula is C17H14N6OS2. The Kier molecular flexibility index (Phi) is 4.55. The Hall–Kier alpha value is -2.91. The minimum absolute atomic E-state index is 0.184. The van der Waals surface area contributed by atoms with Crippen molar-refractivity contribution in [2.75, 3.05) is 5.32 Å². The molecule has 0 unspecified atom stereocenters. The summed E-state index contributed by atoms with van der Waals surface area (Å²) in [7, 11) is 0. The molecule has 0 bridgehead atoms. The third kappa shape index (κ3) is 3.26. The largest absolute Gasteiger partial charge is 0.298 e. The van der Waals surface area contributed by atoms with Crippen molar-refractivity contribution >= 4 is 33.7 Å². The summed E-state index contributed by atoms with van der Waals surface area (Å²) in [6.45, 7) is 2.58. The molecule has 7 nitrogen and oxygen atoms in total. The number of thiophene rings is 1. The van der Waals surface area contributed by atoms with Gasteiger partial charge < -0.3 is 0 Å². The highest BCUT2D eigenvalue weighted by Gasteiger charge is 2.20. The number of carbonyl (C=O) groups is 1. The normalized spacial score (nSPS) is 10.8. The van der Waals surface area contributed by atoms with Crippen molar-refractivity contribution in [3.63, 3.8) is 0 Å². The minimum atomic E-state index is -0.184. The molecule has 0 aliphatic heterocycles. The molecule has 1 N–H and O–H groups in total. The third-order valence-electron chi connectivity index (χ3n) is 3.62. The third-order valence-corrected chi connectivity index (χ3v) is 5.27. The Morgan fingerprint density at radius 1 is 1.23 bits per heavy atom. The van der Waals surface area contributed by atoms with Gasteiger partial charge in [-0.15, -0.1) is 10.2 Å². The van der Waals surface area contributed by atoms with Crippen molar-refractivity contribution in [2.45, 2.75) is 13.5 Å². The highest BCUT2D eigenvalue weighted by molar-refractivity contribution is 7.19. The van der Waals surface area contributed by atoms with E-state index in [1.807, 2.05) is 42.6 Å². The standard InChI is InChI=1S/C17H14N6OS2/c1-2-23-21-15(20-22-23)14-13(11-6-4-3-5-7-11)18-17(26-14)19-16(24)12-8-9-25-10-12/h3-10H,2H2,1H3,(H,18,19,24). The van der Waals surface area contributed by atoms with Crippen molar-refractivity contribution in [1.82, 2.24) is 25.2 Å². The second-order valence-electron chi connectivity index (χ2n) is 5.33. The molecule has 26 heavy (non-hydrogen) atoms. The van der Waals surface area contributed by atoms with Crippen LogP contribution in [0.3, 0.4) is 0 Å². The van der Waals surface area contributed by atoms with Gasteiger partial charge in [-0.3, -0.25) is 10.1 Å². The van der Waals surface area contributed by atoms with Crippen LogP contribution in [0.5, 0.6) is 0 Å². The quantitative estimate of drug-likeness (QED) is 0.567. The number of hydrogen-bond acceptors (Lipinski definition) is 7. The first-order valence-corrected chi connectivity index (χ1v) is 9.68. The second kappa shape index (κ2) is 7.14. The van der Waals surface area contributed by atoms with Crippen LogP contribution in [0.25, 0.3) is 22.0 Å². The molecular weight excluding hydrogens is 368 g/mol. The van der Waals surface area contributed by atoms with Gasteiger partial charge in [0, 0.05) is 10.9 Å². The number of tetrazole rings is 1. The summed E-state index contributed by atoms with van der Waals surface area (Å²) in [5.41, 5.74) is 2.28. The van der Waals surface area contributed by atoms with Crippen molar-refractivity contribution in [1.29, 1.82) is 0 Å². The van der Waals surface area contributed by atoms with Gasteiger partial charge in [0.15, 0.2) is 5.13 Å². The molecule has 1 amide bonds. The van der Waals surface area contributed by atoms with Crippen molar-refractivity contribution < 1.29 is 4.79 Å². The van der Waals surface area contributed by atoms with E-state index in [2.05, 4.69) is 25.7 Å². The number of carbonyl (C=O) groups excluding carboxylic acids is 1. The summed E-state index contributed by atoms with van der Waals surface area (Å²) in [5.74, 6) is 0.315. The van der Waals surface area contributed by atoms with E-state index in [0.717, 1.165) is 16.1 Å². The summed E-state index contributed by atoms with van der Waals surface area (Å²) in [6.07, 6.45) is 0. The average molecular weight is 382 g/mol. The first-order chi connectivity index (χ1) is 12.7. The fourth-order valence-corrected chi connectivity index (χ4v) is 3.89. The van der Waals surface area contributed by atoms with E-state index >= 15 is 0 Å². The SMILES string of the molecule is CCn1nnc(-c2sc(NC(=O)c3ccsc3)nc2-c2ccccc2)n1. The van der Waals surface area contributed by atoms with Crippen LogP contribution in [0.1, 0.15) is 17.3 Å². The first kappa shape index (κ1) is 16.6. The number of amides is 1. The number of aryl methyl sites for hydroxylation is 1. The molecule has 0 atom stereocenters. The molecule has 0 saturated carbocycles. The van der Waals surface area contributed by atoms with Gasteiger partial charge in [0.25, 0.3) is 5.91 Å². The van der Waals surface area contributed by atoms with Gasteiger partial charge in [-0.05, 0) is 23.6 Å². The van der Waals surface area contributed by atoms with Gasteiger partial charge in [-0.2, -0.15) is 16.1 Å². The Balaban J connectivity index is 1.74. The molecule has 130 valence electrons. The summed E-state index contributed by atoms with van der Waals surface area (Å²) in [5, 5.41) is 19.6. The molecule has 0 fully saturated rings. The molecule has 0 spiro atoms. The number of rotatable bonds is 5. The fourth-order valence-electron chi connectivity index (χ4n) is 2.35. The maximum atomic E-state index is 12.3. The lowest BCUT2D eigenvalue weighted by Gasteiger charge is -1.99. The Morgan fingerprint density at radius 2 is 2.08 bits per heavy atom. The summed E-state index contributed by atoms with van der Waals surface area (Å²) < 4.78 is 0. The number of aromatic nitrogens is 5. The summed E-state index contributed by atoms with van der Waals surface area (Å²) in [6, 6.07) is 11.5. The van der Waals surface area contributed by atoms with Gasteiger partial charge in [-0.25, -0.2) is 4.98 Å². The highest BCUT2D eigenvalue weighted by atomic mass is 32.1. The fraction of sp³-hybridized carbons (Fsp3) is 0.118. The Bertz CT molecular complexity index is 1020. The highest BCUT2D eigenvalue weighted by Crippen LogP contribution is 2.37. The van der Waals surface area contributed by atoms with Gasteiger partial charge in [0.2, 0.25) is 5.82 Å². The van der Waals surface area contributed by atoms with Crippen LogP contribution in [0, 0.1) is 0 Å². The van der Waals surface area contributed by atoms with Crippen LogP contribution < -0.4 is 5.32 Å². The smallest absolute Gasteiger partial charge is 0.258 e. The van der Waals surface area contributed by atoms with Crippen molar-refractivity contribution in [2.24, 2.45) is 0 Å². The predicted molar refractivity (Wildman–Crippen MR) is 102 cm³/mol. The maximum Gasteiger partial charge on any atom is 0.258 e. The van der Waals surface area contributed by atoms with E-state index < -0.39 is 0 Å². The molecule has 4 aromatic rings. The first-order valence-electron chi connectivity index (χ1n) is 7.92.